The Morgan fingerprint density at radius 2 is 2.39 bits per heavy atom. The molecular weight excluding hydrogens is 259 g/mol. The summed E-state index contributed by atoms with van der Waals surface area (Å²) in [5.41, 5.74) is 5.51. The Bertz CT molecular complexity index is 483. The quantitative estimate of drug-likeness (QED) is 0.863. The summed E-state index contributed by atoms with van der Waals surface area (Å²) in [6.45, 7) is 2.37. The van der Waals surface area contributed by atoms with Crippen LogP contribution in [0.3, 0.4) is 0 Å². The van der Waals surface area contributed by atoms with Gasteiger partial charge in [-0.15, -0.1) is 0 Å². The number of carbonyl (C=O) groups is 1. The fourth-order valence-corrected chi connectivity index (χ4v) is 1.95. The number of halogens is 2. The summed E-state index contributed by atoms with van der Waals surface area (Å²) >= 11 is 5.64. The van der Waals surface area contributed by atoms with E-state index >= 15 is 0 Å². The minimum atomic E-state index is -0.777. The number of amides is 1. The molecule has 0 aromatic heterocycles. The second kappa shape index (κ2) is 4.84. The molecule has 1 heterocycles. The third kappa shape index (κ3) is 2.34. The number of nitrogens with two attached hydrogens (primary N) is 1. The standard InChI is InChI=1S/C12H14ClFN2O2/c1-12(6-18-5-10(12)15)11(17)16-7-2-3-9(14)8(13)4-7/h2-4,10H,5-6,15H2,1H3,(H,16,17). The molecule has 0 spiro atoms. The van der Waals surface area contributed by atoms with Gasteiger partial charge < -0.3 is 15.8 Å². The van der Waals surface area contributed by atoms with Crippen molar-refractivity contribution in [3.63, 3.8) is 0 Å². The van der Waals surface area contributed by atoms with Gasteiger partial charge in [-0.1, -0.05) is 11.6 Å². The van der Waals surface area contributed by atoms with Crippen molar-refractivity contribution in [2.45, 2.75) is 13.0 Å². The molecule has 1 fully saturated rings. The molecule has 0 bridgehead atoms. The zero-order valence-corrected chi connectivity index (χ0v) is 10.6. The Labute approximate surface area is 109 Å². The predicted molar refractivity (Wildman–Crippen MR) is 66.9 cm³/mol. The fourth-order valence-electron chi connectivity index (χ4n) is 1.77. The maximum atomic E-state index is 13.0. The molecule has 2 atom stereocenters. The minimum absolute atomic E-state index is 0.0371. The van der Waals surface area contributed by atoms with E-state index in [9.17, 15) is 9.18 Å². The van der Waals surface area contributed by atoms with Crippen molar-refractivity contribution < 1.29 is 13.9 Å². The number of rotatable bonds is 2. The monoisotopic (exact) mass is 272 g/mol. The lowest BCUT2D eigenvalue weighted by atomic mass is 9.85. The topological polar surface area (TPSA) is 64.3 Å². The number of benzene rings is 1. The van der Waals surface area contributed by atoms with Gasteiger partial charge in [-0.25, -0.2) is 4.39 Å². The smallest absolute Gasteiger partial charge is 0.234 e. The first-order valence-electron chi connectivity index (χ1n) is 5.53. The SMILES string of the molecule is CC1(C(=O)Nc2ccc(F)c(Cl)c2)COCC1N. The summed E-state index contributed by atoms with van der Waals surface area (Å²) in [4.78, 5) is 12.1. The van der Waals surface area contributed by atoms with Gasteiger partial charge in [0, 0.05) is 11.7 Å². The van der Waals surface area contributed by atoms with Crippen molar-refractivity contribution in [3.8, 4) is 0 Å². The zero-order chi connectivity index (χ0) is 13.3. The van der Waals surface area contributed by atoms with Crippen molar-refractivity contribution in [1.29, 1.82) is 0 Å². The van der Waals surface area contributed by atoms with E-state index in [1.807, 2.05) is 0 Å². The van der Waals surface area contributed by atoms with Crippen LogP contribution in [0.5, 0.6) is 0 Å². The van der Waals surface area contributed by atoms with E-state index < -0.39 is 11.2 Å². The average molecular weight is 273 g/mol. The lowest BCUT2D eigenvalue weighted by molar-refractivity contribution is -0.125. The maximum Gasteiger partial charge on any atom is 0.234 e. The van der Waals surface area contributed by atoms with Crippen molar-refractivity contribution in [2.24, 2.45) is 11.1 Å². The van der Waals surface area contributed by atoms with Crippen LogP contribution in [0.25, 0.3) is 0 Å². The molecule has 2 unspecified atom stereocenters. The fraction of sp³-hybridized carbons (Fsp3) is 0.417. The van der Waals surface area contributed by atoms with Gasteiger partial charge in [-0.2, -0.15) is 0 Å². The van der Waals surface area contributed by atoms with Crippen molar-refractivity contribution in [1.82, 2.24) is 0 Å². The lowest BCUT2D eigenvalue weighted by Crippen LogP contribution is -2.47. The van der Waals surface area contributed by atoms with E-state index in [1.165, 1.54) is 18.2 Å². The summed E-state index contributed by atoms with van der Waals surface area (Å²) in [5, 5.41) is 2.64. The van der Waals surface area contributed by atoms with Crippen LogP contribution in [-0.2, 0) is 9.53 Å². The van der Waals surface area contributed by atoms with Crippen molar-refractivity contribution >= 4 is 23.2 Å². The first kappa shape index (κ1) is 13.3. The van der Waals surface area contributed by atoms with E-state index in [-0.39, 0.29) is 23.6 Å². The van der Waals surface area contributed by atoms with Crippen LogP contribution >= 0.6 is 11.6 Å². The minimum Gasteiger partial charge on any atom is -0.379 e. The molecule has 1 aliphatic rings. The Kier molecular flexibility index (Phi) is 3.56. The predicted octanol–water partition coefficient (Wildman–Crippen LogP) is 1.78. The highest BCUT2D eigenvalue weighted by atomic mass is 35.5. The van der Waals surface area contributed by atoms with Crippen molar-refractivity contribution in [3.05, 3.63) is 29.0 Å². The molecule has 0 radical (unpaired) electrons. The van der Waals surface area contributed by atoms with E-state index in [1.54, 1.807) is 6.92 Å². The molecule has 1 aromatic carbocycles. The highest BCUT2D eigenvalue weighted by molar-refractivity contribution is 6.31. The van der Waals surface area contributed by atoms with Crippen LogP contribution in [-0.4, -0.2) is 25.2 Å². The van der Waals surface area contributed by atoms with Crippen molar-refractivity contribution in [2.75, 3.05) is 18.5 Å². The molecule has 1 aromatic rings. The van der Waals surface area contributed by atoms with Crippen LogP contribution in [0.4, 0.5) is 10.1 Å². The summed E-state index contributed by atoms with van der Waals surface area (Å²) in [7, 11) is 0. The molecule has 1 aliphatic heterocycles. The molecule has 0 aliphatic carbocycles. The average Bonchev–Trinajstić information content (AvgIpc) is 2.66. The van der Waals surface area contributed by atoms with Gasteiger partial charge in [0.1, 0.15) is 5.82 Å². The Balaban J connectivity index is 2.14. The lowest BCUT2D eigenvalue weighted by Gasteiger charge is -2.25. The number of ether oxygens (including phenoxy) is 1. The van der Waals surface area contributed by atoms with E-state index in [0.29, 0.717) is 12.3 Å². The molecule has 18 heavy (non-hydrogen) atoms. The zero-order valence-electron chi connectivity index (χ0n) is 9.87. The van der Waals surface area contributed by atoms with Crippen LogP contribution < -0.4 is 11.1 Å². The second-order valence-electron chi connectivity index (χ2n) is 4.62. The summed E-state index contributed by atoms with van der Waals surface area (Å²) in [6, 6.07) is 3.66. The van der Waals surface area contributed by atoms with Gasteiger partial charge in [0.25, 0.3) is 0 Å². The first-order chi connectivity index (χ1) is 8.43. The van der Waals surface area contributed by atoms with Crippen LogP contribution in [0, 0.1) is 11.2 Å². The number of hydrogen-bond donors (Lipinski definition) is 2. The van der Waals surface area contributed by atoms with E-state index in [0.717, 1.165) is 0 Å². The van der Waals surface area contributed by atoms with Gasteiger partial charge in [0.2, 0.25) is 5.91 Å². The molecule has 1 amide bonds. The maximum absolute atomic E-state index is 13.0. The second-order valence-corrected chi connectivity index (χ2v) is 5.03. The van der Waals surface area contributed by atoms with E-state index in [4.69, 9.17) is 22.1 Å². The molecule has 6 heteroatoms. The third-order valence-electron chi connectivity index (χ3n) is 3.21. The summed E-state index contributed by atoms with van der Waals surface area (Å²) in [6.07, 6.45) is 0. The molecule has 98 valence electrons. The summed E-state index contributed by atoms with van der Waals surface area (Å²) in [5.74, 6) is -0.781. The number of carbonyl (C=O) groups excluding carboxylic acids is 1. The van der Waals surface area contributed by atoms with Gasteiger partial charge in [0.05, 0.1) is 23.7 Å². The third-order valence-corrected chi connectivity index (χ3v) is 3.50. The van der Waals surface area contributed by atoms with Gasteiger partial charge >= 0.3 is 0 Å². The molecule has 2 rings (SSSR count). The molecule has 1 saturated heterocycles. The number of nitrogens with one attached hydrogen (secondary N) is 1. The Morgan fingerprint density at radius 3 is 2.94 bits per heavy atom. The van der Waals surface area contributed by atoms with Gasteiger partial charge in [-0.3, -0.25) is 4.79 Å². The van der Waals surface area contributed by atoms with Crippen LogP contribution in [0.15, 0.2) is 18.2 Å². The Morgan fingerprint density at radius 1 is 1.67 bits per heavy atom. The van der Waals surface area contributed by atoms with Crippen LogP contribution in [0.2, 0.25) is 5.02 Å². The molecule has 0 saturated carbocycles. The molecule has 3 N–H and O–H groups in total. The normalized spacial score (nSPS) is 27.2. The molecule has 4 nitrogen and oxygen atoms in total. The largest absolute Gasteiger partial charge is 0.379 e. The highest BCUT2D eigenvalue weighted by Gasteiger charge is 2.44. The molecular formula is C12H14ClFN2O2. The first-order valence-corrected chi connectivity index (χ1v) is 5.91. The van der Waals surface area contributed by atoms with Gasteiger partial charge in [0.15, 0.2) is 0 Å². The Hall–Kier alpha value is -1.17. The van der Waals surface area contributed by atoms with Crippen LogP contribution in [0.1, 0.15) is 6.92 Å². The van der Waals surface area contributed by atoms with E-state index in [2.05, 4.69) is 5.32 Å². The summed E-state index contributed by atoms with van der Waals surface area (Å²) < 4.78 is 18.2. The van der Waals surface area contributed by atoms with Gasteiger partial charge in [-0.05, 0) is 25.1 Å². The number of hydrogen-bond acceptors (Lipinski definition) is 3. The number of anilines is 1. The highest BCUT2D eigenvalue weighted by Crippen LogP contribution is 2.29.